The normalized spacial score (nSPS) is 12.9. The first-order chi connectivity index (χ1) is 11.2. The Balaban J connectivity index is 2.05. The van der Waals surface area contributed by atoms with E-state index in [1.807, 2.05) is 36.5 Å². The molecule has 0 aliphatic heterocycles. The van der Waals surface area contributed by atoms with Gasteiger partial charge in [0, 0.05) is 5.56 Å². The Kier molecular flexibility index (Phi) is 5.37. The Hall–Kier alpha value is -2.23. The SMILES string of the molecule is Cc1ccc(-c2nnc(SC(C)C(=O)NCC(F)(F)F)n2N)cc1. The molecule has 1 heterocycles. The van der Waals surface area contributed by atoms with Gasteiger partial charge in [-0.1, -0.05) is 41.6 Å². The minimum atomic E-state index is -4.45. The van der Waals surface area contributed by atoms with Crippen LogP contribution in [0.5, 0.6) is 0 Å². The molecule has 0 radical (unpaired) electrons. The quantitative estimate of drug-likeness (QED) is 0.631. The minimum Gasteiger partial charge on any atom is -0.346 e. The van der Waals surface area contributed by atoms with E-state index in [-0.39, 0.29) is 5.16 Å². The number of benzene rings is 1. The van der Waals surface area contributed by atoms with Crippen LogP contribution in [0.4, 0.5) is 13.2 Å². The second kappa shape index (κ2) is 7.12. The lowest BCUT2D eigenvalue weighted by Gasteiger charge is -2.12. The van der Waals surface area contributed by atoms with Gasteiger partial charge >= 0.3 is 6.18 Å². The Morgan fingerprint density at radius 1 is 1.33 bits per heavy atom. The highest BCUT2D eigenvalue weighted by atomic mass is 32.2. The molecule has 0 fully saturated rings. The van der Waals surface area contributed by atoms with Gasteiger partial charge in [0.15, 0.2) is 5.82 Å². The molecule has 0 aliphatic carbocycles. The monoisotopic (exact) mass is 359 g/mol. The van der Waals surface area contributed by atoms with E-state index in [0.29, 0.717) is 5.82 Å². The van der Waals surface area contributed by atoms with Gasteiger partial charge in [-0.05, 0) is 13.8 Å². The van der Waals surface area contributed by atoms with Gasteiger partial charge in [-0.25, -0.2) is 4.68 Å². The number of rotatable bonds is 5. The Morgan fingerprint density at radius 2 is 1.96 bits per heavy atom. The van der Waals surface area contributed by atoms with Gasteiger partial charge in [0.25, 0.3) is 0 Å². The molecule has 1 atom stereocenters. The fourth-order valence-electron chi connectivity index (χ4n) is 1.80. The first-order valence-electron chi connectivity index (χ1n) is 6.96. The van der Waals surface area contributed by atoms with Crippen LogP contribution in [0.3, 0.4) is 0 Å². The topological polar surface area (TPSA) is 85.8 Å². The summed E-state index contributed by atoms with van der Waals surface area (Å²) in [5.41, 5.74) is 1.82. The van der Waals surface area contributed by atoms with Crippen LogP contribution in [-0.4, -0.2) is 38.8 Å². The number of carbonyl (C=O) groups is 1. The van der Waals surface area contributed by atoms with Gasteiger partial charge in [0.05, 0.1) is 5.25 Å². The summed E-state index contributed by atoms with van der Waals surface area (Å²) in [6.07, 6.45) is -4.45. The third-order valence-electron chi connectivity index (χ3n) is 3.09. The van der Waals surface area contributed by atoms with Crippen molar-refractivity contribution in [2.75, 3.05) is 12.4 Å². The highest BCUT2D eigenvalue weighted by Gasteiger charge is 2.29. The average Bonchev–Trinajstić information content (AvgIpc) is 2.86. The molecule has 10 heteroatoms. The Morgan fingerprint density at radius 3 is 2.54 bits per heavy atom. The van der Waals surface area contributed by atoms with E-state index in [0.717, 1.165) is 22.9 Å². The van der Waals surface area contributed by atoms with Crippen LogP contribution in [0.25, 0.3) is 11.4 Å². The molecule has 1 unspecified atom stereocenters. The zero-order valence-corrected chi connectivity index (χ0v) is 13.8. The van der Waals surface area contributed by atoms with E-state index in [1.165, 1.54) is 11.6 Å². The van der Waals surface area contributed by atoms with Crippen LogP contribution in [0, 0.1) is 6.92 Å². The van der Waals surface area contributed by atoms with E-state index in [2.05, 4.69) is 10.2 Å². The first kappa shape index (κ1) is 18.1. The zero-order chi connectivity index (χ0) is 17.9. The molecule has 0 bridgehead atoms. The fraction of sp³-hybridized carbons (Fsp3) is 0.357. The molecule has 0 spiro atoms. The maximum absolute atomic E-state index is 12.1. The van der Waals surface area contributed by atoms with Gasteiger partial charge in [-0.15, -0.1) is 10.2 Å². The third kappa shape index (κ3) is 4.63. The number of alkyl halides is 3. The molecule has 24 heavy (non-hydrogen) atoms. The summed E-state index contributed by atoms with van der Waals surface area (Å²) in [5.74, 6) is 5.57. The van der Waals surface area contributed by atoms with Gasteiger partial charge in [0.1, 0.15) is 6.54 Å². The molecule has 1 aromatic heterocycles. The highest BCUT2D eigenvalue weighted by molar-refractivity contribution is 8.00. The number of aromatic nitrogens is 3. The van der Waals surface area contributed by atoms with Crippen molar-refractivity contribution < 1.29 is 18.0 Å². The van der Waals surface area contributed by atoms with Crippen molar-refractivity contribution >= 4 is 17.7 Å². The van der Waals surface area contributed by atoms with Crippen LogP contribution in [-0.2, 0) is 4.79 Å². The maximum Gasteiger partial charge on any atom is 0.405 e. The molecule has 1 amide bonds. The van der Waals surface area contributed by atoms with Crippen LogP contribution in [0.1, 0.15) is 12.5 Å². The first-order valence-corrected chi connectivity index (χ1v) is 7.84. The van der Waals surface area contributed by atoms with Crippen molar-refractivity contribution in [1.29, 1.82) is 0 Å². The number of amides is 1. The lowest BCUT2D eigenvalue weighted by Crippen LogP contribution is -2.38. The van der Waals surface area contributed by atoms with Gasteiger partial charge in [0.2, 0.25) is 11.1 Å². The number of nitrogen functional groups attached to an aromatic ring is 1. The number of thioether (sulfide) groups is 1. The van der Waals surface area contributed by atoms with E-state index < -0.39 is 23.9 Å². The van der Waals surface area contributed by atoms with Crippen LogP contribution < -0.4 is 11.2 Å². The third-order valence-corrected chi connectivity index (χ3v) is 4.15. The lowest BCUT2D eigenvalue weighted by molar-refractivity contribution is -0.137. The Labute approximate surface area is 140 Å². The van der Waals surface area contributed by atoms with Crippen LogP contribution in [0.2, 0.25) is 0 Å². The van der Waals surface area contributed by atoms with Crippen molar-refractivity contribution in [3.05, 3.63) is 29.8 Å². The molecular formula is C14H16F3N5OS. The van der Waals surface area contributed by atoms with Gasteiger partial charge < -0.3 is 11.2 Å². The maximum atomic E-state index is 12.1. The fourth-order valence-corrected chi connectivity index (χ4v) is 2.59. The predicted molar refractivity (Wildman–Crippen MR) is 84.7 cm³/mol. The standard InChI is InChI=1S/C14H16F3N5OS/c1-8-3-5-10(6-4-8)11-20-21-13(22(11)18)24-9(2)12(23)19-7-14(15,16)17/h3-6,9H,7,18H2,1-2H3,(H,19,23). The molecule has 6 nitrogen and oxygen atoms in total. The molecule has 0 saturated carbocycles. The molecule has 2 aromatic rings. The van der Waals surface area contributed by atoms with Gasteiger partial charge in [-0.3, -0.25) is 4.79 Å². The number of nitrogens with two attached hydrogens (primary N) is 1. The smallest absolute Gasteiger partial charge is 0.346 e. The molecular weight excluding hydrogens is 343 g/mol. The summed E-state index contributed by atoms with van der Waals surface area (Å²) in [4.78, 5) is 11.7. The van der Waals surface area contributed by atoms with Crippen LogP contribution >= 0.6 is 11.8 Å². The summed E-state index contributed by atoms with van der Waals surface area (Å²) in [7, 11) is 0. The molecule has 1 aromatic carbocycles. The summed E-state index contributed by atoms with van der Waals surface area (Å²) in [6, 6.07) is 7.45. The number of halogens is 3. The number of nitrogens with one attached hydrogen (secondary N) is 1. The number of carbonyl (C=O) groups excluding carboxylic acids is 1. The van der Waals surface area contributed by atoms with E-state index in [4.69, 9.17) is 5.84 Å². The second-order valence-corrected chi connectivity index (χ2v) is 6.44. The molecule has 0 aliphatic rings. The molecule has 2 rings (SSSR count). The van der Waals surface area contributed by atoms with Gasteiger partial charge in [-0.2, -0.15) is 13.2 Å². The van der Waals surface area contributed by atoms with E-state index in [9.17, 15) is 18.0 Å². The highest BCUT2D eigenvalue weighted by Crippen LogP contribution is 2.25. The summed E-state index contributed by atoms with van der Waals surface area (Å²) in [6.45, 7) is 2.04. The molecule has 130 valence electrons. The molecule has 3 N–H and O–H groups in total. The van der Waals surface area contributed by atoms with E-state index in [1.54, 1.807) is 0 Å². The predicted octanol–water partition coefficient (Wildman–Crippen LogP) is 2.13. The number of aryl methyl sites for hydroxylation is 1. The summed E-state index contributed by atoms with van der Waals surface area (Å²) in [5, 5.41) is 9.12. The number of hydrogen-bond donors (Lipinski definition) is 2. The Bertz CT molecular complexity index is 714. The second-order valence-electron chi connectivity index (χ2n) is 5.14. The summed E-state index contributed by atoms with van der Waals surface area (Å²) >= 11 is 0.932. The number of hydrogen-bond acceptors (Lipinski definition) is 5. The average molecular weight is 359 g/mol. The van der Waals surface area contributed by atoms with E-state index >= 15 is 0 Å². The van der Waals surface area contributed by atoms with Crippen molar-refractivity contribution in [3.8, 4) is 11.4 Å². The van der Waals surface area contributed by atoms with Crippen LogP contribution in [0.15, 0.2) is 29.4 Å². The minimum absolute atomic E-state index is 0.236. The van der Waals surface area contributed by atoms with Crippen molar-refractivity contribution in [2.45, 2.75) is 30.4 Å². The van der Waals surface area contributed by atoms with Crippen molar-refractivity contribution in [2.24, 2.45) is 0 Å². The largest absolute Gasteiger partial charge is 0.405 e. The van der Waals surface area contributed by atoms with Crippen molar-refractivity contribution in [1.82, 2.24) is 20.2 Å². The zero-order valence-electron chi connectivity index (χ0n) is 13.0. The molecule has 0 saturated heterocycles. The van der Waals surface area contributed by atoms with Crippen molar-refractivity contribution in [3.63, 3.8) is 0 Å². The lowest BCUT2D eigenvalue weighted by atomic mass is 10.1. The number of nitrogens with zero attached hydrogens (tertiary/aromatic N) is 3. The summed E-state index contributed by atoms with van der Waals surface area (Å²) < 4.78 is 37.6.